The van der Waals surface area contributed by atoms with Crippen LogP contribution in [0, 0.1) is 0 Å². The average molecular weight is 255 g/mol. The molecule has 1 saturated heterocycles. The lowest BCUT2D eigenvalue weighted by atomic mass is 9.79. The first-order chi connectivity index (χ1) is 8.55. The van der Waals surface area contributed by atoms with Crippen molar-refractivity contribution >= 4 is 5.97 Å². The first-order valence-electron chi connectivity index (χ1n) is 7.04. The van der Waals surface area contributed by atoms with Gasteiger partial charge in [-0.05, 0) is 32.2 Å². The average Bonchev–Trinajstić information content (AvgIpc) is 2.39. The largest absolute Gasteiger partial charge is 0.480 e. The van der Waals surface area contributed by atoms with Crippen LogP contribution in [0.1, 0.15) is 32.6 Å². The summed E-state index contributed by atoms with van der Waals surface area (Å²) >= 11 is 0. The lowest BCUT2D eigenvalue weighted by Gasteiger charge is -2.44. The van der Waals surface area contributed by atoms with Gasteiger partial charge in [-0.1, -0.05) is 6.92 Å². The quantitative estimate of drug-likeness (QED) is 0.761. The minimum absolute atomic E-state index is 0.360. The molecular weight excluding hydrogens is 230 g/mol. The Morgan fingerprint density at radius 1 is 1.39 bits per heavy atom. The van der Waals surface area contributed by atoms with Crippen molar-refractivity contribution in [2.45, 2.75) is 44.2 Å². The molecule has 0 radical (unpaired) electrons. The van der Waals surface area contributed by atoms with Crippen LogP contribution in [-0.4, -0.2) is 65.2 Å². The summed E-state index contributed by atoms with van der Waals surface area (Å²) < 4.78 is 0. The summed E-state index contributed by atoms with van der Waals surface area (Å²) in [4.78, 5) is 16.1. The summed E-state index contributed by atoms with van der Waals surface area (Å²) in [6.45, 7) is 7.58. The molecule has 2 unspecified atom stereocenters. The van der Waals surface area contributed by atoms with E-state index in [9.17, 15) is 9.90 Å². The number of carboxylic acid groups (broad SMARTS) is 1. The van der Waals surface area contributed by atoms with E-state index in [1.165, 1.54) is 0 Å². The third-order valence-electron chi connectivity index (χ3n) is 4.56. The molecule has 2 aliphatic rings. The maximum absolute atomic E-state index is 11.3. The molecule has 1 aliphatic heterocycles. The summed E-state index contributed by atoms with van der Waals surface area (Å²) in [5.74, 6) is -0.834. The number of rotatable bonds is 3. The number of hydrogen-bond acceptors (Lipinski definition) is 4. The van der Waals surface area contributed by atoms with Gasteiger partial charge in [-0.2, -0.15) is 0 Å². The van der Waals surface area contributed by atoms with E-state index >= 15 is 0 Å². The Kier molecular flexibility index (Phi) is 4.25. The Labute approximate surface area is 109 Å². The lowest BCUT2D eigenvalue weighted by molar-refractivity contribution is -0.145. The van der Waals surface area contributed by atoms with Crippen molar-refractivity contribution in [1.82, 2.24) is 9.80 Å². The van der Waals surface area contributed by atoms with E-state index in [1.54, 1.807) is 0 Å². The van der Waals surface area contributed by atoms with Crippen LogP contribution >= 0.6 is 0 Å². The SMILES string of the molecule is CCN1CCN(C2CCCC(N)(C(=O)O)C2)CC1. The van der Waals surface area contributed by atoms with Crippen molar-refractivity contribution in [3.63, 3.8) is 0 Å². The molecule has 5 nitrogen and oxygen atoms in total. The van der Waals surface area contributed by atoms with Crippen LogP contribution in [0.2, 0.25) is 0 Å². The zero-order chi connectivity index (χ0) is 13.2. The van der Waals surface area contributed by atoms with E-state index in [0.717, 1.165) is 45.6 Å². The number of carbonyl (C=O) groups is 1. The predicted octanol–water partition coefficient (Wildman–Crippen LogP) is 0.349. The Balaban J connectivity index is 1.92. The van der Waals surface area contributed by atoms with E-state index in [4.69, 9.17) is 5.73 Å². The number of piperazine rings is 1. The summed E-state index contributed by atoms with van der Waals surface area (Å²) in [7, 11) is 0. The first-order valence-corrected chi connectivity index (χ1v) is 7.04. The molecule has 1 aliphatic carbocycles. The van der Waals surface area contributed by atoms with Gasteiger partial charge >= 0.3 is 5.97 Å². The normalized spacial score (nSPS) is 35.6. The van der Waals surface area contributed by atoms with Gasteiger partial charge in [-0.3, -0.25) is 9.69 Å². The van der Waals surface area contributed by atoms with Gasteiger partial charge in [-0.25, -0.2) is 0 Å². The molecule has 2 rings (SSSR count). The number of nitrogens with zero attached hydrogens (tertiary/aromatic N) is 2. The number of aliphatic carboxylic acids is 1. The highest BCUT2D eigenvalue weighted by Crippen LogP contribution is 2.30. The highest BCUT2D eigenvalue weighted by molar-refractivity contribution is 5.78. The van der Waals surface area contributed by atoms with Crippen LogP contribution in [0.5, 0.6) is 0 Å². The van der Waals surface area contributed by atoms with Gasteiger partial charge in [0.25, 0.3) is 0 Å². The van der Waals surface area contributed by atoms with Crippen molar-refractivity contribution in [3.8, 4) is 0 Å². The van der Waals surface area contributed by atoms with Crippen molar-refractivity contribution in [1.29, 1.82) is 0 Å². The van der Waals surface area contributed by atoms with Crippen molar-refractivity contribution in [2.24, 2.45) is 5.73 Å². The van der Waals surface area contributed by atoms with Crippen molar-refractivity contribution < 1.29 is 9.90 Å². The Morgan fingerprint density at radius 3 is 2.61 bits per heavy atom. The maximum atomic E-state index is 11.3. The molecule has 0 spiro atoms. The van der Waals surface area contributed by atoms with Crippen LogP contribution < -0.4 is 5.73 Å². The molecule has 0 aromatic carbocycles. The highest BCUT2D eigenvalue weighted by atomic mass is 16.4. The van der Waals surface area contributed by atoms with Gasteiger partial charge in [-0.15, -0.1) is 0 Å². The monoisotopic (exact) mass is 255 g/mol. The smallest absolute Gasteiger partial charge is 0.323 e. The Hall–Kier alpha value is -0.650. The fourth-order valence-corrected chi connectivity index (χ4v) is 3.23. The van der Waals surface area contributed by atoms with Crippen LogP contribution in [0.4, 0.5) is 0 Å². The standard InChI is InChI=1S/C13H25N3O2/c1-2-15-6-8-16(9-7-15)11-4-3-5-13(14,10-11)12(17)18/h11H,2-10,14H2,1H3,(H,17,18). The molecule has 1 heterocycles. The van der Waals surface area contributed by atoms with E-state index in [2.05, 4.69) is 16.7 Å². The van der Waals surface area contributed by atoms with E-state index < -0.39 is 11.5 Å². The molecule has 0 bridgehead atoms. The summed E-state index contributed by atoms with van der Waals surface area (Å²) in [6, 6.07) is 0.360. The lowest BCUT2D eigenvalue weighted by Crippen LogP contribution is -2.58. The van der Waals surface area contributed by atoms with Gasteiger partial charge in [0.15, 0.2) is 0 Å². The topological polar surface area (TPSA) is 69.8 Å². The zero-order valence-electron chi connectivity index (χ0n) is 11.3. The van der Waals surface area contributed by atoms with E-state index in [1.807, 2.05) is 0 Å². The molecule has 18 heavy (non-hydrogen) atoms. The summed E-state index contributed by atoms with van der Waals surface area (Å²) in [5.41, 5.74) is 5.02. The number of likely N-dealkylation sites (N-methyl/N-ethyl adjacent to an activating group) is 1. The fourth-order valence-electron chi connectivity index (χ4n) is 3.23. The van der Waals surface area contributed by atoms with Gasteiger partial charge in [0.2, 0.25) is 0 Å². The number of carboxylic acids is 1. The van der Waals surface area contributed by atoms with Crippen molar-refractivity contribution in [3.05, 3.63) is 0 Å². The maximum Gasteiger partial charge on any atom is 0.323 e. The van der Waals surface area contributed by atoms with Gasteiger partial charge in [0, 0.05) is 32.2 Å². The molecule has 2 atom stereocenters. The molecular formula is C13H25N3O2. The third kappa shape index (κ3) is 2.84. The molecule has 0 aromatic rings. The highest BCUT2D eigenvalue weighted by Gasteiger charge is 2.41. The van der Waals surface area contributed by atoms with Crippen LogP contribution in [0.3, 0.4) is 0 Å². The second-order valence-corrected chi connectivity index (χ2v) is 5.68. The Bertz CT molecular complexity index is 303. The second-order valence-electron chi connectivity index (χ2n) is 5.68. The van der Waals surface area contributed by atoms with Crippen LogP contribution in [0.15, 0.2) is 0 Å². The number of hydrogen-bond donors (Lipinski definition) is 2. The molecule has 0 amide bonds. The molecule has 2 fully saturated rings. The minimum Gasteiger partial charge on any atom is -0.480 e. The minimum atomic E-state index is -0.995. The van der Waals surface area contributed by atoms with Crippen LogP contribution in [-0.2, 0) is 4.79 Å². The number of nitrogens with two attached hydrogens (primary N) is 1. The zero-order valence-corrected chi connectivity index (χ0v) is 11.3. The Morgan fingerprint density at radius 2 is 2.06 bits per heavy atom. The fraction of sp³-hybridized carbons (Fsp3) is 0.923. The third-order valence-corrected chi connectivity index (χ3v) is 4.56. The first kappa shape index (κ1) is 13.8. The van der Waals surface area contributed by atoms with E-state index in [0.29, 0.717) is 18.9 Å². The second kappa shape index (κ2) is 5.55. The molecule has 1 saturated carbocycles. The molecule has 5 heteroatoms. The van der Waals surface area contributed by atoms with Gasteiger partial charge in [0.05, 0.1) is 0 Å². The van der Waals surface area contributed by atoms with Crippen molar-refractivity contribution in [2.75, 3.05) is 32.7 Å². The predicted molar refractivity (Wildman–Crippen MR) is 70.5 cm³/mol. The molecule has 104 valence electrons. The molecule has 0 aromatic heterocycles. The van der Waals surface area contributed by atoms with E-state index in [-0.39, 0.29) is 0 Å². The summed E-state index contributed by atoms with van der Waals surface area (Å²) in [5, 5.41) is 9.24. The summed E-state index contributed by atoms with van der Waals surface area (Å²) in [6.07, 6.45) is 3.25. The molecule has 3 N–H and O–H groups in total. The van der Waals surface area contributed by atoms with Gasteiger partial charge < -0.3 is 15.7 Å². The van der Waals surface area contributed by atoms with Gasteiger partial charge in [0.1, 0.15) is 5.54 Å². The van der Waals surface area contributed by atoms with Crippen LogP contribution in [0.25, 0.3) is 0 Å².